The molecule has 1 heterocycles. The molecule has 0 fully saturated rings. The molecule has 2 N–H and O–H groups in total. The number of fused-ring (bicyclic) bond motifs is 1. The summed E-state index contributed by atoms with van der Waals surface area (Å²) in [6, 6.07) is 7.83. The summed E-state index contributed by atoms with van der Waals surface area (Å²) in [5.41, 5.74) is 7.93. The van der Waals surface area contributed by atoms with E-state index in [1.165, 1.54) is 0 Å². The zero-order chi connectivity index (χ0) is 15.5. The summed E-state index contributed by atoms with van der Waals surface area (Å²) in [4.78, 5) is 0. The Kier molecular flexibility index (Phi) is 4.90. The van der Waals surface area contributed by atoms with Gasteiger partial charge >= 0.3 is 6.18 Å². The molecule has 6 heteroatoms. The van der Waals surface area contributed by atoms with Crippen LogP contribution in [0.1, 0.15) is 12.5 Å². The first kappa shape index (κ1) is 15.9. The average molecular weight is 300 g/mol. The molecule has 3 nitrogen and oxygen atoms in total. The second kappa shape index (κ2) is 6.49. The van der Waals surface area contributed by atoms with Gasteiger partial charge in [-0.3, -0.25) is 0 Å². The Morgan fingerprint density at radius 1 is 1.29 bits per heavy atom. The Balaban J connectivity index is 2.09. The zero-order valence-electron chi connectivity index (χ0n) is 11.9. The van der Waals surface area contributed by atoms with Crippen LogP contribution < -0.4 is 5.73 Å². The van der Waals surface area contributed by atoms with E-state index in [0.717, 1.165) is 22.9 Å². The van der Waals surface area contributed by atoms with Crippen molar-refractivity contribution in [2.75, 3.05) is 13.2 Å². The van der Waals surface area contributed by atoms with E-state index in [2.05, 4.69) is 4.74 Å². The van der Waals surface area contributed by atoms with Crippen LogP contribution in [0.25, 0.3) is 10.9 Å². The number of hydrogen-bond acceptors (Lipinski definition) is 2. The van der Waals surface area contributed by atoms with Gasteiger partial charge in [0.25, 0.3) is 0 Å². The van der Waals surface area contributed by atoms with Crippen LogP contribution in [-0.4, -0.2) is 30.0 Å². The van der Waals surface area contributed by atoms with Crippen molar-refractivity contribution >= 4 is 10.9 Å². The van der Waals surface area contributed by atoms with E-state index in [9.17, 15) is 13.2 Å². The molecule has 0 bridgehead atoms. The number of hydrogen-bond donors (Lipinski definition) is 1. The molecular weight excluding hydrogens is 281 g/mol. The largest absolute Gasteiger partial charge is 0.411 e. The number of ether oxygens (including phenoxy) is 1. The van der Waals surface area contributed by atoms with Gasteiger partial charge in [-0.2, -0.15) is 13.2 Å². The molecule has 1 unspecified atom stereocenters. The molecule has 2 rings (SSSR count). The highest BCUT2D eigenvalue weighted by Crippen LogP contribution is 2.22. The highest BCUT2D eigenvalue weighted by Gasteiger charge is 2.27. The molecule has 0 spiro atoms. The number of nitrogens with zero attached hydrogens (tertiary/aromatic N) is 1. The maximum atomic E-state index is 12.0. The number of benzene rings is 1. The maximum absolute atomic E-state index is 12.0. The molecular formula is C15H19F3N2O. The van der Waals surface area contributed by atoms with Crippen molar-refractivity contribution in [2.45, 2.75) is 32.1 Å². The molecule has 0 saturated heterocycles. The number of nitrogens with two attached hydrogens (primary N) is 1. The van der Waals surface area contributed by atoms with E-state index in [-0.39, 0.29) is 12.6 Å². The molecule has 1 aromatic carbocycles. The summed E-state index contributed by atoms with van der Waals surface area (Å²) < 4.78 is 42.7. The molecule has 116 valence electrons. The summed E-state index contributed by atoms with van der Waals surface area (Å²) >= 11 is 0. The first-order chi connectivity index (χ1) is 9.87. The lowest BCUT2D eigenvalue weighted by Gasteiger charge is -2.09. The van der Waals surface area contributed by atoms with Gasteiger partial charge in [-0.25, -0.2) is 0 Å². The first-order valence-corrected chi connectivity index (χ1v) is 6.83. The lowest BCUT2D eigenvalue weighted by Crippen LogP contribution is -2.19. The van der Waals surface area contributed by atoms with Crippen LogP contribution in [0.4, 0.5) is 13.2 Å². The van der Waals surface area contributed by atoms with Crippen LogP contribution >= 0.6 is 0 Å². The average Bonchev–Trinajstić information content (AvgIpc) is 2.72. The van der Waals surface area contributed by atoms with Crippen molar-refractivity contribution in [1.29, 1.82) is 0 Å². The third-order valence-electron chi connectivity index (χ3n) is 3.16. The second-order valence-electron chi connectivity index (χ2n) is 5.21. The standard InChI is InChI=1S/C15H19F3N2O/c1-11(19)8-12-9-20(6-7-21-10-15(16,17)18)14-5-3-2-4-13(12)14/h2-5,9,11H,6-8,10,19H2,1H3. The van der Waals surface area contributed by atoms with Crippen molar-refractivity contribution < 1.29 is 17.9 Å². The lowest BCUT2D eigenvalue weighted by molar-refractivity contribution is -0.174. The van der Waals surface area contributed by atoms with Crippen LogP contribution in [0.3, 0.4) is 0 Å². The Bertz CT molecular complexity index is 590. The fourth-order valence-electron chi connectivity index (χ4n) is 2.37. The van der Waals surface area contributed by atoms with E-state index in [1.807, 2.05) is 42.0 Å². The van der Waals surface area contributed by atoms with Crippen molar-refractivity contribution in [3.8, 4) is 0 Å². The minimum atomic E-state index is -4.28. The van der Waals surface area contributed by atoms with Gasteiger partial charge < -0.3 is 15.0 Å². The second-order valence-corrected chi connectivity index (χ2v) is 5.21. The Morgan fingerprint density at radius 3 is 2.67 bits per heavy atom. The summed E-state index contributed by atoms with van der Waals surface area (Å²) in [7, 11) is 0. The number of rotatable bonds is 6. The SMILES string of the molecule is CC(N)Cc1cn(CCOCC(F)(F)F)c2ccccc12. The van der Waals surface area contributed by atoms with E-state index < -0.39 is 12.8 Å². The fourth-order valence-corrected chi connectivity index (χ4v) is 2.37. The highest BCUT2D eigenvalue weighted by atomic mass is 19.4. The van der Waals surface area contributed by atoms with Gasteiger partial charge in [0.1, 0.15) is 6.61 Å². The summed E-state index contributed by atoms with van der Waals surface area (Å²) in [5, 5.41) is 1.09. The first-order valence-electron chi connectivity index (χ1n) is 6.83. The Hall–Kier alpha value is -1.53. The van der Waals surface area contributed by atoms with Crippen molar-refractivity contribution in [1.82, 2.24) is 4.57 Å². The van der Waals surface area contributed by atoms with Gasteiger partial charge in [-0.05, 0) is 25.0 Å². The molecule has 2 aromatic rings. The molecule has 0 aliphatic rings. The normalized spacial score (nSPS) is 13.8. The van der Waals surface area contributed by atoms with Crippen LogP contribution in [0, 0.1) is 0 Å². The summed E-state index contributed by atoms with van der Waals surface area (Å²) in [6.45, 7) is 1.13. The third-order valence-corrected chi connectivity index (χ3v) is 3.16. The quantitative estimate of drug-likeness (QED) is 0.833. The van der Waals surface area contributed by atoms with Gasteiger partial charge in [0.2, 0.25) is 0 Å². The number of aromatic nitrogens is 1. The van der Waals surface area contributed by atoms with Crippen molar-refractivity contribution in [3.05, 3.63) is 36.0 Å². The van der Waals surface area contributed by atoms with Gasteiger partial charge in [0.15, 0.2) is 0 Å². The smallest absolute Gasteiger partial charge is 0.370 e. The molecule has 0 aliphatic heterocycles. The van der Waals surface area contributed by atoms with E-state index >= 15 is 0 Å². The van der Waals surface area contributed by atoms with Crippen molar-refractivity contribution in [3.63, 3.8) is 0 Å². The molecule has 0 amide bonds. The molecule has 21 heavy (non-hydrogen) atoms. The van der Waals surface area contributed by atoms with Crippen LogP contribution in [0.2, 0.25) is 0 Å². The minimum Gasteiger partial charge on any atom is -0.370 e. The number of para-hydroxylation sites is 1. The topological polar surface area (TPSA) is 40.2 Å². The Labute approximate surface area is 121 Å². The summed E-state index contributed by atoms with van der Waals surface area (Å²) in [5.74, 6) is 0. The monoisotopic (exact) mass is 300 g/mol. The van der Waals surface area contributed by atoms with Gasteiger partial charge in [0.05, 0.1) is 6.61 Å². The Morgan fingerprint density at radius 2 is 2.00 bits per heavy atom. The minimum absolute atomic E-state index is 0.0236. The van der Waals surface area contributed by atoms with Gasteiger partial charge in [-0.1, -0.05) is 18.2 Å². The molecule has 1 aromatic heterocycles. The number of halogens is 3. The predicted octanol–water partition coefficient (Wildman–Crippen LogP) is 3.11. The van der Waals surface area contributed by atoms with E-state index in [1.54, 1.807) is 0 Å². The summed E-state index contributed by atoms with van der Waals surface area (Å²) in [6.07, 6.45) is -1.60. The van der Waals surface area contributed by atoms with E-state index in [0.29, 0.717) is 6.54 Å². The van der Waals surface area contributed by atoms with Crippen LogP contribution in [-0.2, 0) is 17.7 Å². The number of alkyl halides is 3. The molecule has 0 radical (unpaired) electrons. The third kappa shape index (κ3) is 4.47. The highest BCUT2D eigenvalue weighted by molar-refractivity contribution is 5.84. The fraction of sp³-hybridized carbons (Fsp3) is 0.467. The van der Waals surface area contributed by atoms with Crippen LogP contribution in [0.15, 0.2) is 30.5 Å². The maximum Gasteiger partial charge on any atom is 0.411 e. The molecule has 1 atom stereocenters. The van der Waals surface area contributed by atoms with Gasteiger partial charge in [0, 0.05) is 29.7 Å². The van der Waals surface area contributed by atoms with Crippen LogP contribution in [0.5, 0.6) is 0 Å². The predicted molar refractivity (Wildman–Crippen MR) is 76.2 cm³/mol. The zero-order valence-corrected chi connectivity index (χ0v) is 11.9. The lowest BCUT2D eigenvalue weighted by atomic mass is 10.1. The van der Waals surface area contributed by atoms with Crippen molar-refractivity contribution in [2.24, 2.45) is 5.73 Å². The van der Waals surface area contributed by atoms with Gasteiger partial charge in [-0.15, -0.1) is 0 Å². The molecule has 0 saturated carbocycles. The van der Waals surface area contributed by atoms with E-state index in [4.69, 9.17) is 5.73 Å². The molecule has 0 aliphatic carbocycles.